The van der Waals surface area contributed by atoms with Gasteiger partial charge in [-0.15, -0.1) is 10.5 Å². The highest BCUT2D eigenvalue weighted by atomic mass is 16.5. The Kier molecular flexibility index (Phi) is 9.20. The van der Waals surface area contributed by atoms with Gasteiger partial charge in [0, 0.05) is 12.1 Å². The molecule has 47 heavy (non-hydrogen) atoms. The van der Waals surface area contributed by atoms with E-state index < -0.39 is 54.3 Å². The van der Waals surface area contributed by atoms with Crippen LogP contribution in [0.1, 0.15) is 11.1 Å². The van der Waals surface area contributed by atoms with Crippen molar-refractivity contribution in [3.05, 3.63) is 110 Å². The first-order valence-electron chi connectivity index (χ1n) is 12.8. The summed E-state index contributed by atoms with van der Waals surface area (Å²) in [6.07, 6.45) is 5.46. The minimum atomic E-state index is -1.43. The maximum absolute atomic E-state index is 13.7. The smallest absolute Gasteiger partial charge is 0.343 e. The van der Waals surface area contributed by atoms with Crippen LogP contribution in [0.25, 0.3) is 11.4 Å². The Balaban J connectivity index is 2.08. The van der Waals surface area contributed by atoms with Gasteiger partial charge in [-0.25, -0.2) is 56.2 Å². The van der Waals surface area contributed by atoms with E-state index in [9.17, 15) is 28.8 Å². The lowest BCUT2D eigenvalue weighted by atomic mass is 10.2. The molecular weight excluding hydrogens is 624 g/mol. The van der Waals surface area contributed by atoms with Crippen LogP contribution in [0.15, 0.2) is 65.2 Å². The van der Waals surface area contributed by atoms with Gasteiger partial charge in [-0.1, -0.05) is 12.1 Å². The minimum absolute atomic E-state index is 0.0598. The van der Waals surface area contributed by atoms with Crippen LogP contribution in [0.5, 0.6) is 11.5 Å². The van der Waals surface area contributed by atoms with Crippen LogP contribution in [0.4, 0.5) is 0 Å². The van der Waals surface area contributed by atoms with Crippen LogP contribution in [0.3, 0.4) is 0 Å². The molecule has 20 heteroatoms. The fourth-order valence-electron chi connectivity index (χ4n) is 4.27. The second kappa shape index (κ2) is 13.4. The molecule has 0 aliphatic rings. The van der Waals surface area contributed by atoms with Crippen LogP contribution in [-0.4, -0.2) is 27.4 Å². The van der Waals surface area contributed by atoms with Gasteiger partial charge in [0.1, 0.15) is 18.2 Å². The van der Waals surface area contributed by atoms with Gasteiger partial charge < -0.3 is 18.9 Å². The number of hydrogen-bond acceptors (Lipinski definition) is 14. The molecule has 2 aromatic heterocycles. The third-order valence-electron chi connectivity index (χ3n) is 6.58. The highest BCUT2D eigenvalue weighted by molar-refractivity contribution is 5.45. The fourth-order valence-corrected chi connectivity index (χ4v) is 4.27. The molecular formula is C27H18N10O10. The quantitative estimate of drug-likeness (QED) is 0.176. The molecule has 20 nitrogen and oxygen atoms in total. The van der Waals surface area contributed by atoms with E-state index in [2.05, 4.69) is 9.47 Å². The normalized spacial score (nSPS) is 10.2. The summed E-state index contributed by atoms with van der Waals surface area (Å²) in [5, 5.41) is 35.7. The van der Waals surface area contributed by atoms with E-state index in [0.717, 1.165) is 12.1 Å². The average Bonchev–Trinajstić information content (AvgIpc) is 3.04. The second-order valence-corrected chi connectivity index (χ2v) is 9.24. The number of aryl methyl sites for hydroxylation is 2. The van der Waals surface area contributed by atoms with E-state index in [1.807, 2.05) is 0 Å². The van der Waals surface area contributed by atoms with Crippen molar-refractivity contribution in [1.82, 2.24) is 27.4 Å². The lowest BCUT2D eigenvalue weighted by Gasteiger charge is -2.16. The predicted molar refractivity (Wildman–Crippen MR) is 152 cm³/mol. The van der Waals surface area contributed by atoms with Crippen molar-refractivity contribution in [1.29, 1.82) is 21.0 Å². The molecule has 4 rings (SSSR count). The van der Waals surface area contributed by atoms with E-state index in [1.54, 1.807) is 13.8 Å². The molecule has 2 heterocycles. The summed E-state index contributed by atoms with van der Waals surface area (Å²) in [5.41, 5.74) is -7.87. The van der Waals surface area contributed by atoms with Gasteiger partial charge in [0.2, 0.25) is 0 Å². The van der Waals surface area contributed by atoms with E-state index in [1.165, 1.54) is 49.3 Å². The van der Waals surface area contributed by atoms with Crippen molar-refractivity contribution >= 4 is 0 Å². The first kappa shape index (κ1) is 32.3. The topological polar surface area (TPSA) is 264 Å². The summed E-state index contributed by atoms with van der Waals surface area (Å²) in [5.74, 6) is -0.120. The van der Waals surface area contributed by atoms with Crippen LogP contribution < -0.4 is 43.6 Å². The lowest BCUT2D eigenvalue weighted by Crippen LogP contribution is -2.59. The molecule has 0 radical (unpaired) electrons. The Bertz CT molecular complexity index is 2280. The third kappa shape index (κ3) is 5.97. The molecule has 0 spiro atoms. The first-order valence-corrected chi connectivity index (χ1v) is 12.8. The Hall–Kier alpha value is -7.58. The van der Waals surface area contributed by atoms with Gasteiger partial charge in [0.25, 0.3) is 25.0 Å². The van der Waals surface area contributed by atoms with Gasteiger partial charge in [-0.05, 0) is 37.1 Å². The highest BCUT2D eigenvalue weighted by Gasteiger charge is 2.23. The highest BCUT2D eigenvalue weighted by Crippen LogP contribution is 2.21. The van der Waals surface area contributed by atoms with Gasteiger partial charge in [0.15, 0.2) is 13.5 Å². The standard InChI is InChI=1S/C27H18N10O10/c1-16-3-5-18(7-20(16)46-11-30)36-24(40)32(22(38)34(26(36)42)14-44-9-28)13-33-23(39)35(15-45-10-29)27(43)37(25(33)41)19-6-4-17(2)21(8-19)47-12-31/h3-8H,13-15H2,1-2H3. The Morgan fingerprint density at radius 2 is 0.894 bits per heavy atom. The molecule has 0 unspecified atom stereocenters. The number of aromatic nitrogens is 6. The monoisotopic (exact) mass is 642 g/mol. The van der Waals surface area contributed by atoms with E-state index in [0.29, 0.717) is 29.4 Å². The zero-order valence-corrected chi connectivity index (χ0v) is 24.1. The van der Waals surface area contributed by atoms with Crippen LogP contribution in [0.2, 0.25) is 0 Å². The number of ether oxygens (including phenoxy) is 4. The molecule has 0 N–H and O–H groups in total. The molecule has 0 fully saturated rings. The molecule has 2 aromatic carbocycles. The summed E-state index contributed by atoms with van der Waals surface area (Å²) in [6, 6.07) is 7.57. The average molecular weight is 643 g/mol. The zero-order valence-electron chi connectivity index (χ0n) is 24.1. The predicted octanol–water partition coefficient (Wildman–Crippen LogP) is -1.61. The van der Waals surface area contributed by atoms with Crippen molar-refractivity contribution in [2.75, 3.05) is 0 Å². The van der Waals surface area contributed by atoms with Crippen LogP contribution >= 0.6 is 0 Å². The summed E-state index contributed by atoms with van der Waals surface area (Å²) in [6.45, 7) is -0.102. The van der Waals surface area contributed by atoms with Crippen molar-refractivity contribution in [2.45, 2.75) is 34.0 Å². The maximum atomic E-state index is 13.7. The zero-order chi connectivity index (χ0) is 34.4. The molecule has 236 valence electrons. The molecule has 0 saturated heterocycles. The Morgan fingerprint density at radius 3 is 1.23 bits per heavy atom. The number of nitriles is 4. The molecule has 0 atom stereocenters. The van der Waals surface area contributed by atoms with Gasteiger partial charge in [0.05, 0.1) is 11.4 Å². The van der Waals surface area contributed by atoms with Crippen molar-refractivity contribution < 1.29 is 18.9 Å². The van der Waals surface area contributed by atoms with Gasteiger partial charge in [-0.2, -0.15) is 10.5 Å². The van der Waals surface area contributed by atoms with E-state index >= 15 is 0 Å². The lowest BCUT2D eigenvalue weighted by molar-refractivity contribution is 0.173. The first-order chi connectivity index (χ1) is 22.5. The second-order valence-electron chi connectivity index (χ2n) is 9.24. The summed E-state index contributed by atoms with van der Waals surface area (Å²) < 4.78 is 20.8. The SMILES string of the molecule is Cc1ccc(-n2c(=O)n(COC#N)c(=O)n(Cn3c(=O)n(COC#N)c(=O)n(-c4ccc(C)c(OC#N)c4)c3=O)c2=O)cc1OC#N. The van der Waals surface area contributed by atoms with Crippen molar-refractivity contribution in [2.24, 2.45) is 0 Å². The minimum Gasteiger partial charge on any atom is -0.405 e. The number of hydrogen-bond donors (Lipinski definition) is 0. The van der Waals surface area contributed by atoms with Gasteiger partial charge >= 0.3 is 34.1 Å². The maximum Gasteiger partial charge on any atom is 0.343 e. The van der Waals surface area contributed by atoms with Crippen molar-refractivity contribution in [3.63, 3.8) is 0 Å². The summed E-state index contributed by atoms with van der Waals surface area (Å²) in [7, 11) is 0. The molecule has 0 bridgehead atoms. The largest absolute Gasteiger partial charge is 0.405 e. The number of rotatable bonds is 10. The Labute approximate surface area is 259 Å². The molecule has 0 amide bonds. The number of nitrogens with zero attached hydrogens (tertiary/aromatic N) is 10. The molecule has 0 aliphatic carbocycles. The van der Waals surface area contributed by atoms with Gasteiger partial charge in [-0.3, -0.25) is 0 Å². The van der Waals surface area contributed by atoms with Crippen LogP contribution in [-0.2, 0) is 29.6 Å². The van der Waals surface area contributed by atoms with Crippen LogP contribution in [0, 0.1) is 59.9 Å². The third-order valence-corrected chi connectivity index (χ3v) is 6.58. The molecule has 0 aliphatic heterocycles. The summed E-state index contributed by atoms with van der Waals surface area (Å²) >= 11 is 0. The molecule has 4 aromatic rings. The Morgan fingerprint density at radius 1 is 0.532 bits per heavy atom. The summed E-state index contributed by atoms with van der Waals surface area (Å²) in [4.78, 5) is 81.0. The molecule has 0 saturated carbocycles. The number of benzene rings is 2. The van der Waals surface area contributed by atoms with Crippen molar-refractivity contribution in [3.8, 4) is 47.9 Å². The van der Waals surface area contributed by atoms with E-state index in [-0.39, 0.29) is 32.0 Å². The van der Waals surface area contributed by atoms with E-state index in [4.69, 9.17) is 30.5 Å². The fraction of sp³-hybridized carbons (Fsp3) is 0.185.